The van der Waals surface area contributed by atoms with Crippen LogP contribution in [0.25, 0.3) is 0 Å². The Morgan fingerprint density at radius 3 is 1.96 bits per heavy atom. The highest BCUT2D eigenvalue weighted by Crippen LogP contribution is 2.61. The number of hydrogen-bond acceptors (Lipinski definition) is 2. The maximum absolute atomic E-state index is 6.18. The van der Waals surface area contributed by atoms with E-state index in [9.17, 15) is 0 Å². The standard InChI is InChI=1S/C21H32O2/c1-19(2)22-17-9-3-5-11-20-13-7-15-21(20,16-8-14-20)12-6-4-10-18(17)23-19/h7-8,13-14,17-18H,3-6,9-12,15-16H2,1-2H3/t17-,18+,20?,21?/m0/s1. The lowest BCUT2D eigenvalue weighted by Gasteiger charge is -2.41. The van der Waals surface area contributed by atoms with Gasteiger partial charge in [0, 0.05) is 5.41 Å². The van der Waals surface area contributed by atoms with Crippen molar-refractivity contribution in [1.82, 2.24) is 0 Å². The molecule has 2 atom stereocenters. The number of hydrogen-bond donors (Lipinski definition) is 0. The summed E-state index contributed by atoms with van der Waals surface area (Å²) in [6.45, 7) is 4.14. The molecule has 0 aromatic carbocycles. The smallest absolute Gasteiger partial charge is 0.163 e. The van der Waals surface area contributed by atoms with E-state index in [2.05, 4.69) is 38.2 Å². The van der Waals surface area contributed by atoms with E-state index in [0.717, 1.165) is 12.8 Å². The first kappa shape index (κ1) is 15.9. The first-order valence-corrected chi connectivity index (χ1v) is 9.75. The second-order valence-electron chi connectivity index (χ2n) is 8.74. The molecule has 3 aliphatic carbocycles. The van der Waals surface area contributed by atoms with Gasteiger partial charge in [0.2, 0.25) is 0 Å². The van der Waals surface area contributed by atoms with Gasteiger partial charge in [-0.3, -0.25) is 0 Å². The van der Waals surface area contributed by atoms with E-state index in [0.29, 0.717) is 23.0 Å². The number of fused-ring (bicyclic) bond motifs is 1. The van der Waals surface area contributed by atoms with Gasteiger partial charge in [-0.15, -0.1) is 0 Å². The highest BCUT2D eigenvalue weighted by atomic mass is 16.7. The minimum Gasteiger partial charge on any atom is -0.345 e. The minimum absolute atomic E-state index is 0.310. The molecule has 0 unspecified atom stereocenters. The topological polar surface area (TPSA) is 18.5 Å². The van der Waals surface area contributed by atoms with E-state index in [-0.39, 0.29) is 5.79 Å². The Bertz CT molecular complexity index is 486. The van der Waals surface area contributed by atoms with Gasteiger partial charge in [-0.1, -0.05) is 50.0 Å². The zero-order valence-corrected chi connectivity index (χ0v) is 14.9. The summed E-state index contributed by atoms with van der Waals surface area (Å²) in [5.41, 5.74) is 0.885. The van der Waals surface area contributed by atoms with Crippen molar-refractivity contribution >= 4 is 0 Å². The number of rotatable bonds is 0. The van der Waals surface area contributed by atoms with Gasteiger partial charge in [-0.05, 0) is 57.8 Å². The van der Waals surface area contributed by atoms with Crippen LogP contribution < -0.4 is 0 Å². The summed E-state index contributed by atoms with van der Waals surface area (Å²) in [6.07, 6.45) is 23.4. The first-order chi connectivity index (χ1) is 11.0. The lowest BCUT2D eigenvalue weighted by Crippen LogP contribution is -2.33. The van der Waals surface area contributed by atoms with Crippen LogP contribution in [-0.2, 0) is 9.47 Å². The second kappa shape index (κ2) is 5.74. The quantitative estimate of drug-likeness (QED) is 0.547. The lowest BCUT2D eigenvalue weighted by atomic mass is 9.62. The van der Waals surface area contributed by atoms with Crippen LogP contribution in [0, 0.1) is 10.8 Å². The molecule has 2 fully saturated rings. The van der Waals surface area contributed by atoms with Crippen LogP contribution in [0.1, 0.15) is 78.1 Å². The molecule has 23 heavy (non-hydrogen) atoms. The molecule has 2 nitrogen and oxygen atoms in total. The Morgan fingerprint density at radius 2 is 1.35 bits per heavy atom. The molecule has 4 rings (SSSR count). The predicted octanol–water partition coefficient (Wildman–Crippen LogP) is 5.53. The summed E-state index contributed by atoms with van der Waals surface area (Å²) in [5, 5.41) is 0. The van der Waals surface area contributed by atoms with Crippen molar-refractivity contribution in [2.75, 3.05) is 0 Å². The van der Waals surface area contributed by atoms with E-state index < -0.39 is 0 Å². The fourth-order valence-electron chi connectivity index (χ4n) is 5.70. The maximum Gasteiger partial charge on any atom is 0.163 e. The Labute approximate surface area is 141 Å². The SMILES string of the molecule is CC1(C)O[C@H]2CCCCC34C=CCC3(CC=C4)CCCC[C@H]2O1. The molecular weight excluding hydrogens is 284 g/mol. The van der Waals surface area contributed by atoms with E-state index in [4.69, 9.17) is 9.47 Å². The molecule has 1 saturated carbocycles. The Balaban J connectivity index is 1.48. The summed E-state index contributed by atoms with van der Waals surface area (Å²) in [4.78, 5) is 0. The van der Waals surface area contributed by atoms with E-state index in [1.807, 2.05) is 0 Å². The van der Waals surface area contributed by atoms with Crippen molar-refractivity contribution in [2.45, 2.75) is 96.1 Å². The fourth-order valence-corrected chi connectivity index (χ4v) is 5.70. The van der Waals surface area contributed by atoms with Crippen molar-refractivity contribution < 1.29 is 9.47 Å². The van der Waals surface area contributed by atoms with Crippen LogP contribution in [0.2, 0.25) is 0 Å². The number of ether oxygens (including phenoxy) is 2. The van der Waals surface area contributed by atoms with Gasteiger partial charge in [0.05, 0.1) is 12.2 Å². The maximum atomic E-state index is 6.18. The average Bonchev–Trinajstić information content (AvgIpc) is 3.08. The summed E-state index contributed by atoms with van der Waals surface area (Å²) < 4.78 is 12.4. The summed E-state index contributed by atoms with van der Waals surface area (Å²) in [6, 6.07) is 0. The molecule has 1 saturated heterocycles. The van der Waals surface area contributed by atoms with Crippen molar-refractivity contribution in [3.05, 3.63) is 24.3 Å². The second-order valence-corrected chi connectivity index (χ2v) is 8.74. The molecule has 0 spiro atoms. The molecule has 0 aromatic heterocycles. The molecule has 2 heteroatoms. The third-order valence-corrected chi connectivity index (χ3v) is 6.84. The summed E-state index contributed by atoms with van der Waals surface area (Å²) in [7, 11) is 0. The highest BCUT2D eigenvalue weighted by Gasteiger charge is 2.51. The van der Waals surface area contributed by atoms with Gasteiger partial charge in [0.1, 0.15) is 0 Å². The molecule has 0 aromatic rings. The normalized spacial score (nSPS) is 45.8. The van der Waals surface area contributed by atoms with Crippen molar-refractivity contribution in [3.8, 4) is 0 Å². The van der Waals surface area contributed by atoms with Crippen molar-refractivity contribution in [3.63, 3.8) is 0 Å². The van der Waals surface area contributed by atoms with Gasteiger partial charge in [-0.2, -0.15) is 0 Å². The average molecular weight is 316 g/mol. The van der Waals surface area contributed by atoms with Crippen molar-refractivity contribution in [1.29, 1.82) is 0 Å². The lowest BCUT2D eigenvalue weighted by molar-refractivity contribution is -0.147. The molecule has 0 bridgehead atoms. The number of allylic oxidation sites excluding steroid dienone is 4. The molecule has 0 amide bonds. The van der Waals surface area contributed by atoms with Crippen molar-refractivity contribution in [2.24, 2.45) is 10.8 Å². The molecule has 128 valence electrons. The molecule has 1 aliphatic heterocycles. The molecule has 0 N–H and O–H groups in total. The van der Waals surface area contributed by atoms with Crippen LogP contribution in [0.4, 0.5) is 0 Å². The monoisotopic (exact) mass is 316 g/mol. The van der Waals surface area contributed by atoms with Gasteiger partial charge in [-0.25, -0.2) is 0 Å². The first-order valence-electron chi connectivity index (χ1n) is 9.75. The van der Waals surface area contributed by atoms with Gasteiger partial charge in [0.25, 0.3) is 0 Å². The third-order valence-electron chi connectivity index (χ3n) is 6.84. The zero-order valence-electron chi connectivity index (χ0n) is 14.9. The molecular formula is C21H32O2. The Kier molecular flexibility index (Phi) is 3.97. The van der Waals surface area contributed by atoms with Crippen LogP contribution in [0.3, 0.4) is 0 Å². The zero-order chi connectivity index (χ0) is 16.0. The van der Waals surface area contributed by atoms with Gasteiger partial charge >= 0.3 is 0 Å². The predicted molar refractivity (Wildman–Crippen MR) is 93.1 cm³/mol. The van der Waals surface area contributed by atoms with Gasteiger partial charge in [0.15, 0.2) is 5.79 Å². The summed E-state index contributed by atoms with van der Waals surface area (Å²) in [5.74, 6) is -0.384. The molecule has 0 radical (unpaired) electrons. The van der Waals surface area contributed by atoms with E-state index in [1.54, 1.807) is 0 Å². The minimum atomic E-state index is -0.384. The largest absolute Gasteiger partial charge is 0.345 e. The van der Waals surface area contributed by atoms with Crippen LogP contribution in [0.15, 0.2) is 24.3 Å². The third kappa shape index (κ3) is 2.72. The molecule has 4 aliphatic rings. The van der Waals surface area contributed by atoms with Crippen LogP contribution in [-0.4, -0.2) is 18.0 Å². The van der Waals surface area contributed by atoms with Crippen LogP contribution >= 0.6 is 0 Å². The van der Waals surface area contributed by atoms with E-state index >= 15 is 0 Å². The highest BCUT2D eigenvalue weighted by molar-refractivity contribution is 5.30. The molecule has 1 heterocycles. The van der Waals surface area contributed by atoms with E-state index in [1.165, 1.54) is 51.4 Å². The Morgan fingerprint density at radius 1 is 0.783 bits per heavy atom. The van der Waals surface area contributed by atoms with Crippen LogP contribution in [0.5, 0.6) is 0 Å². The summed E-state index contributed by atoms with van der Waals surface area (Å²) >= 11 is 0. The van der Waals surface area contributed by atoms with Gasteiger partial charge < -0.3 is 9.47 Å². The Hall–Kier alpha value is -0.600. The fraction of sp³-hybridized carbons (Fsp3) is 0.810.